The molecule has 0 saturated carbocycles. The van der Waals surface area contributed by atoms with Gasteiger partial charge in [0.05, 0.1) is 0 Å². The van der Waals surface area contributed by atoms with Gasteiger partial charge in [-0.3, -0.25) is 4.79 Å². The van der Waals surface area contributed by atoms with E-state index < -0.39 is 14.2 Å². The molecule has 0 aliphatic heterocycles. The van der Waals surface area contributed by atoms with Crippen LogP contribution in [0, 0.1) is 0 Å². The number of nitrogens with one attached hydrogen (secondary N) is 1. The maximum absolute atomic E-state index is 10.8. The molecule has 0 unspecified atom stereocenters. The van der Waals surface area contributed by atoms with Gasteiger partial charge in [-0.15, -0.1) is 0 Å². The van der Waals surface area contributed by atoms with Crippen molar-refractivity contribution in [2.75, 3.05) is 24.3 Å². The summed E-state index contributed by atoms with van der Waals surface area (Å²) < 4.78 is 0. The van der Waals surface area contributed by atoms with Gasteiger partial charge in [-0.05, 0) is 62.3 Å². The normalized spacial score (nSPS) is 9.54. The number of carbonyl (C=O) groups is 1. The van der Waals surface area contributed by atoms with Crippen LogP contribution in [0.4, 0.5) is 11.4 Å². The summed E-state index contributed by atoms with van der Waals surface area (Å²) in [5, 5.41) is 43.7. The third-order valence-electron chi connectivity index (χ3n) is 7.39. The van der Waals surface area contributed by atoms with Gasteiger partial charge in [0.15, 0.2) is 6.29 Å². The topological polar surface area (TPSA) is 113 Å². The van der Waals surface area contributed by atoms with Gasteiger partial charge < -0.3 is 31.7 Å². The van der Waals surface area contributed by atoms with Crippen molar-refractivity contribution in [1.82, 2.24) is 0 Å². The van der Waals surface area contributed by atoms with Crippen LogP contribution in [0.15, 0.2) is 133 Å². The van der Waals surface area contributed by atoms with E-state index in [-0.39, 0.29) is 46.8 Å². The zero-order valence-electron chi connectivity index (χ0n) is 27.9. The third kappa shape index (κ3) is 11.1. The monoisotopic (exact) mass is 649 g/mol. The first-order chi connectivity index (χ1) is 21.8. The molecular formula is C37H41B3N2NaO5. The number of anilines is 2. The first kappa shape index (κ1) is 42.2. The maximum Gasteiger partial charge on any atom is 1.00 e. The molecule has 0 amide bonds. The van der Waals surface area contributed by atoms with Gasteiger partial charge in [0.2, 0.25) is 0 Å². The van der Waals surface area contributed by atoms with E-state index in [1.807, 2.05) is 92.0 Å². The molecule has 0 fully saturated rings. The van der Waals surface area contributed by atoms with Crippen molar-refractivity contribution in [3.05, 3.63) is 145 Å². The SMILES string of the molecule is C.CN(Cc1ccc(B(O)O)c2ccccc12)c1ccccc1.CNc1ccccc1.O=Cc1ccc(B(O)O)c2ccccc12.[B].[H-].[Na+]. The summed E-state index contributed by atoms with van der Waals surface area (Å²) in [6, 6.07) is 42.2. The average Bonchev–Trinajstić information content (AvgIpc) is 3.09. The standard InChI is InChI=1S/C18H18BNO2.C11H9BO3.C7H9N.CH4.B.Na.H/c1-20(15-7-3-2-4-8-15)13-14-11-12-18(19(21)22)17-10-6-5-9-16(14)17;13-7-8-5-6-11(12(14)15)10-4-2-1-3-9(8)10;1-8-7-5-3-2-4-6-7;;;;/h2-12,21-22H,13H2,1H3;1-7,14-15H;2-6,8H,1H3;1H4;;;/q;;;;;+1;-1. The number of benzene rings is 6. The molecule has 0 aliphatic rings. The van der Waals surface area contributed by atoms with Gasteiger partial charge in [-0.1, -0.05) is 117 Å². The molecule has 6 aromatic carbocycles. The van der Waals surface area contributed by atoms with Crippen LogP contribution in [-0.4, -0.2) is 63.1 Å². The number of para-hydroxylation sites is 2. The Morgan fingerprint density at radius 1 is 0.646 bits per heavy atom. The molecule has 48 heavy (non-hydrogen) atoms. The Hall–Kier alpha value is -3.86. The van der Waals surface area contributed by atoms with Gasteiger partial charge in [-0.2, -0.15) is 0 Å². The first-order valence-corrected chi connectivity index (χ1v) is 14.5. The van der Waals surface area contributed by atoms with E-state index in [0.29, 0.717) is 21.9 Å². The predicted octanol–water partition coefficient (Wildman–Crippen LogP) is 1.59. The minimum absolute atomic E-state index is 0. The molecule has 0 aliphatic carbocycles. The van der Waals surface area contributed by atoms with Crippen molar-refractivity contribution in [3.8, 4) is 0 Å². The molecule has 0 heterocycles. The number of fused-ring (bicyclic) bond motifs is 2. The van der Waals surface area contributed by atoms with Crippen LogP contribution >= 0.6 is 0 Å². The zero-order valence-corrected chi connectivity index (χ0v) is 28.9. The van der Waals surface area contributed by atoms with Crippen LogP contribution in [-0.2, 0) is 6.54 Å². The Morgan fingerprint density at radius 3 is 1.56 bits per heavy atom. The Kier molecular flexibility index (Phi) is 18.6. The van der Waals surface area contributed by atoms with E-state index in [1.165, 1.54) is 0 Å². The van der Waals surface area contributed by atoms with Gasteiger partial charge in [0.1, 0.15) is 0 Å². The van der Waals surface area contributed by atoms with E-state index in [1.54, 1.807) is 36.4 Å². The van der Waals surface area contributed by atoms with Crippen molar-refractivity contribution in [1.29, 1.82) is 0 Å². The van der Waals surface area contributed by atoms with E-state index in [0.717, 1.165) is 45.9 Å². The Bertz CT molecular complexity index is 1840. The smallest absolute Gasteiger partial charge is 1.00 e. The summed E-state index contributed by atoms with van der Waals surface area (Å²) in [6.45, 7) is 0.756. The fourth-order valence-electron chi connectivity index (χ4n) is 5.06. The Balaban J connectivity index is 0.000000746. The van der Waals surface area contributed by atoms with Crippen LogP contribution in [0.2, 0.25) is 0 Å². The molecule has 5 N–H and O–H groups in total. The summed E-state index contributed by atoms with van der Waals surface area (Å²) in [6.07, 6.45) is 0.760. The average molecular weight is 649 g/mol. The second-order valence-electron chi connectivity index (χ2n) is 10.3. The maximum atomic E-state index is 10.8. The van der Waals surface area contributed by atoms with Crippen LogP contribution < -0.4 is 50.7 Å². The molecule has 0 saturated heterocycles. The van der Waals surface area contributed by atoms with E-state index >= 15 is 0 Å². The summed E-state index contributed by atoms with van der Waals surface area (Å²) >= 11 is 0. The number of carbonyl (C=O) groups excluding carboxylic acids is 1. The quantitative estimate of drug-likeness (QED) is 0.132. The number of nitrogens with zero attached hydrogens (tertiary/aromatic N) is 1. The second kappa shape index (κ2) is 21.2. The van der Waals surface area contributed by atoms with Crippen LogP contribution in [0.3, 0.4) is 0 Å². The minimum Gasteiger partial charge on any atom is -1.00 e. The number of aldehydes is 1. The molecule has 0 bridgehead atoms. The van der Waals surface area contributed by atoms with Crippen molar-refractivity contribution in [3.63, 3.8) is 0 Å². The summed E-state index contributed by atoms with van der Waals surface area (Å²) in [4.78, 5) is 13.0. The van der Waals surface area contributed by atoms with Crippen LogP contribution in [0.1, 0.15) is 24.8 Å². The summed E-state index contributed by atoms with van der Waals surface area (Å²) in [7, 11) is 0.996. The van der Waals surface area contributed by atoms with Crippen molar-refractivity contribution in [2.24, 2.45) is 0 Å². The van der Waals surface area contributed by atoms with E-state index in [4.69, 9.17) is 10.0 Å². The van der Waals surface area contributed by atoms with Gasteiger partial charge in [-0.25, -0.2) is 0 Å². The molecular weight excluding hydrogens is 608 g/mol. The first-order valence-electron chi connectivity index (χ1n) is 14.5. The van der Waals surface area contributed by atoms with Crippen LogP contribution in [0.5, 0.6) is 0 Å². The summed E-state index contributed by atoms with van der Waals surface area (Å²) in [5.41, 5.74) is 4.98. The molecule has 0 spiro atoms. The second-order valence-corrected chi connectivity index (χ2v) is 10.3. The summed E-state index contributed by atoms with van der Waals surface area (Å²) in [5.74, 6) is 0. The number of hydrogen-bond acceptors (Lipinski definition) is 7. The van der Waals surface area contributed by atoms with Crippen LogP contribution in [0.25, 0.3) is 21.5 Å². The van der Waals surface area contributed by atoms with Crippen molar-refractivity contribution < 1.29 is 55.9 Å². The zero-order chi connectivity index (χ0) is 32.2. The Labute approximate surface area is 309 Å². The van der Waals surface area contributed by atoms with Gasteiger partial charge >= 0.3 is 43.8 Å². The fourth-order valence-corrected chi connectivity index (χ4v) is 5.06. The molecule has 11 heteroatoms. The molecule has 6 rings (SSSR count). The Morgan fingerprint density at radius 2 is 1.08 bits per heavy atom. The molecule has 239 valence electrons. The fraction of sp³-hybridized carbons (Fsp3) is 0.108. The third-order valence-corrected chi connectivity index (χ3v) is 7.39. The van der Waals surface area contributed by atoms with E-state index in [2.05, 4.69) is 29.4 Å². The van der Waals surface area contributed by atoms with Crippen molar-refractivity contribution in [2.45, 2.75) is 14.0 Å². The predicted molar refractivity (Wildman–Crippen MR) is 201 cm³/mol. The number of rotatable bonds is 7. The van der Waals surface area contributed by atoms with Gasteiger partial charge in [0.25, 0.3) is 0 Å². The molecule has 0 aromatic heterocycles. The number of hydrogen-bond donors (Lipinski definition) is 5. The van der Waals surface area contributed by atoms with Crippen molar-refractivity contribution >= 4 is 72.8 Å². The molecule has 6 aromatic rings. The largest absolute Gasteiger partial charge is 1.00 e. The molecule has 7 nitrogen and oxygen atoms in total. The molecule has 3 radical (unpaired) electrons. The molecule has 0 atom stereocenters. The van der Waals surface area contributed by atoms with E-state index in [9.17, 15) is 14.8 Å². The minimum atomic E-state index is -1.52. The van der Waals surface area contributed by atoms with Gasteiger partial charge in [0, 0.05) is 46.0 Å².